The molecule has 0 radical (unpaired) electrons. The van der Waals surface area contributed by atoms with Crippen molar-refractivity contribution in [2.75, 3.05) is 31.1 Å². The lowest BCUT2D eigenvalue weighted by atomic mass is 10.0. The van der Waals surface area contributed by atoms with Crippen LogP contribution in [-0.4, -0.2) is 48.8 Å². The maximum absolute atomic E-state index is 14.4. The Balaban J connectivity index is 1.62. The Morgan fingerprint density at radius 1 is 1.07 bits per heavy atom. The summed E-state index contributed by atoms with van der Waals surface area (Å²) in [5, 5.41) is 2.63. The van der Waals surface area contributed by atoms with Gasteiger partial charge in [-0.2, -0.15) is 0 Å². The van der Waals surface area contributed by atoms with Gasteiger partial charge in [0, 0.05) is 31.7 Å². The Labute approximate surface area is 174 Å². The molecular formula is C22H25FN4O3. The number of nitrogens with zero attached hydrogens (tertiary/aromatic N) is 2. The van der Waals surface area contributed by atoms with Gasteiger partial charge in [-0.25, -0.2) is 9.18 Å². The molecule has 0 saturated carbocycles. The monoisotopic (exact) mass is 412 g/mol. The van der Waals surface area contributed by atoms with Gasteiger partial charge in [0.05, 0.1) is 18.2 Å². The van der Waals surface area contributed by atoms with Gasteiger partial charge in [0.15, 0.2) is 5.78 Å². The zero-order valence-corrected chi connectivity index (χ0v) is 16.8. The van der Waals surface area contributed by atoms with Crippen molar-refractivity contribution in [3.63, 3.8) is 0 Å². The number of Topliss-reactive ketones (excluding diaryl/α,β-unsaturated/α-hetero) is 1. The highest BCUT2D eigenvalue weighted by Gasteiger charge is 2.26. The van der Waals surface area contributed by atoms with Gasteiger partial charge in [-0.1, -0.05) is 30.3 Å². The molecule has 0 aromatic heterocycles. The van der Waals surface area contributed by atoms with Crippen LogP contribution in [0.4, 0.5) is 14.9 Å². The fourth-order valence-electron chi connectivity index (χ4n) is 3.59. The van der Waals surface area contributed by atoms with Crippen molar-refractivity contribution in [2.24, 2.45) is 5.73 Å². The topological polar surface area (TPSA) is 95.7 Å². The molecule has 3 rings (SSSR count). The number of hydrogen-bond acceptors (Lipinski definition) is 4. The van der Waals surface area contributed by atoms with Gasteiger partial charge < -0.3 is 20.9 Å². The van der Waals surface area contributed by atoms with E-state index in [4.69, 9.17) is 5.73 Å². The van der Waals surface area contributed by atoms with Crippen LogP contribution in [0.1, 0.15) is 35.3 Å². The van der Waals surface area contributed by atoms with E-state index in [2.05, 4.69) is 5.32 Å². The van der Waals surface area contributed by atoms with E-state index in [1.165, 1.54) is 13.0 Å². The Bertz CT molecular complexity index is 927. The van der Waals surface area contributed by atoms with Crippen molar-refractivity contribution in [3.8, 4) is 0 Å². The minimum absolute atomic E-state index is 0.0919. The molecule has 1 heterocycles. The van der Waals surface area contributed by atoms with Gasteiger partial charge in [-0.3, -0.25) is 9.59 Å². The summed E-state index contributed by atoms with van der Waals surface area (Å²) in [5.74, 6) is -0.740. The third kappa shape index (κ3) is 5.14. The molecule has 2 aromatic carbocycles. The van der Waals surface area contributed by atoms with Gasteiger partial charge in [-0.15, -0.1) is 0 Å². The molecule has 0 unspecified atom stereocenters. The van der Waals surface area contributed by atoms with Gasteiger partial charge in [0.2, 0.25) is 5.91 Å². The first-order valence-electron chi connectivity index (χ1n) is 9.79. The molecule has 1 saturated heterocycles. The molecule has 30 heavy (non-hydrogen) atoms. The zero-order valence-electron chi connectivity index (χ0n) is 16.8. The van der Waals surface area contributed by atoms with E-state index in [0.717, 1.165) is 5.56 Å². The van der Waals surface area contributed by atoms with Crippen LogP contribution >= 0.6 is 0 Å². The fraction of sp³-hybridized carbons (Fsp3) is 0.318. The first kappa shape index (κ1) is 21.3. The van der Waals surface area contributed by atoms with Crippen molar-refractivity contribution < 1.29 is 18.8 Å². The number of nitrogens with two attached hydrogens (primary N) is 1. The Hall–Kier alpha value is -3.42. The predicted octanol–water partition coefficient (Wildman–Crippen LogP) is 2.48. The van der Waals surface area contributed by atoms with Crippen LogP contribution in [0.25, 0.3) is 0 Å². The second-order valence-corrected chi connectivity index (χ2v) is 7.27. The number of nitrogens with one attached hydrogen (secondary N) is 1. The van der Waals surface area contributed by atoms with Crippen LogP contribution < -0.4 is 16.0 Å². The van der Waals surface area contributed by atoms with Gasteiger partial charge in [0.25, 0.3) is 0 Å². The lowest BCUT2D eigenvalue weighted by molar-refractivity contribution is -0.132. The maximum Gasteiger partial charge on any atom is 0.312 e. The third-order valence-electron chi connectivity index (χ3n) is 5.22. The first-order valence-corrected chi connectivity index (χ1v) is 9.79. The molecule has 1 aliphatic heterocycles. The zero-order chi connectivity index (χ0) is 21.7. The van der Waals surface area contributed by atoms with E-state index in [1.54, 1.807) is 17.0 Å². The van der Waals surface area contributed by atoms with E-state index >= 15 is 0 Å². The van der Waals surface area contributed by atoms with Crippen molar-refractivity contribution in [1.82, 2.24) is 10.2 Å². The highest BCUT2D eigenvalue weighted by molar-refractivity contribution is 5.94. The number of urea groups is 1. The van der Waals surface area contributed by atoms with Gasteiger partial charge in [-0.05, 0) is 30.7 Å². The molecule has 1 fully saturated rings. The number of ketones is 1. The SMILES string of the molecule is CC(=O)c1ccc(N2CCN(C(=O)C[C@@H](NC(N)=O)c3ccccc3)CC2)c(F)c1. The van der Waals surface area contributed by atoms with E-state index in [1.807, 2.05) is 35.2 Å². The highest BCUT2D eigenvalue weighted by atomic mass is 19.1. The lowest BCUT2D eigenvalue weighted by Crippen LogP contribution is -2.49. The smallest absolute Gasteiger partial charge is 0.312 e. The average Bonchev–Trinajstić information content (AvgIpc) is 2.73. The molecule has 8 heteroatoms. The average molecular weight is 412 g/mol. The van der Waals surface area contributed by atoms with E-state index < -0.39 is 17.9 Å². The van der Waals surface area contributed by atoms with Crippen molar-refractivity contribution in [3.05, 3.63) is 65.5 Å². The number of halogens is 1. The summed E-state index contributed by atoms with van der Waals surface area (Å²) in [4.78, 5) is 39.1. The summed E-state index contributed by atoms with van der Waals surface area (Å²) in [5.41, 5.74) is 6.83. The lowest BCUT2D eigenvalue weighted by Gasteiger charge is -2.37. The summed E-state index contributed by atoms with van der Waals surface area (Å²) in [6.07, 6.45) is 0.0919. The maximum atomic E-state index is 14.4. The standard InChI is InChI=1S/C22H25FN4O3/c1-15(28)17-7-8-20(18(23)13-17)26-9-11-27(12-10-26)21(29)14-19(25-22(24)30)16-5-3-2-4-6-16/h2-8,13,19H,9-12,14H2,1H3,(H3,24,25,30)/t19-/m1/s1. The Morgan fingerprint density at radius 3 is 2.30 bits per heavy atom. The van der Waals surface area contributed by atoms with E-state index in [0.29, 0.717) is 37.4 Å². The molecule has 0 aliphatic carbocycles. The third-order valence-corrected chi connectivity index (χ3v) is 5.22. The number of carbonyl (C=O) groups excluding carboxylic acids is 3. The Morgan fingerprint density at radius 2 is 1.73 bits per heavy atom. The molecule has 7 nitrogen and oxygen atoms in total. The number of carbonyl (C=O) groups is 3. The van der Waals surface area contributed by atoms with Crippen LogP contribution in [0.15, 0.2) is 48.5 Å². The predicted molar refractivity (Wildman–Crippen MR) is 112 cm³/mol. The summed E-state index contributed by atoms with van der Waals surface area (Å²) < 4.78 is 14.4. The van der Waals surface area contributed by atoms with Crippen LogP contribution in [0.2, 0.25) is 0 Å². The van der Waals surface area contributed by atoms with Crippen LogP contribution in [0.3, 0.4) is 0 Å². The second kappa shape index (κ2) is 9.39. The van der Waals surface area contributed by atoms with E-state index in [-0.39, 0.29) is 18.1 Å². The molecule has 3 amide bonds. The largest absolute Gasteiger partial charge is 0.366 e. The van der Waals surface area contributed by atoms with Crippen LogP contribution in [-0.2, 0) is 4.79 Å². The molecule has 1 aliphatic rings. The molecule has 1 atom stereocenters. The minimum Gasteiger partial charge on any atom is -0.366 e. The minimum atomic E-state index is -0.689. The van der Waals surface area contributed by atoms with Crippen molar-refractivity contribution in [1.29, 1.82) is 0 Å². The van der Waals surface area contributed by atoms with Crippen LogP contribution in [0.5, 0.6) is 0 Å². The molecule has 0 spiro atoms. The summed E-state index contributed by atoms with van der Waals surface area (Å²) in [6.45, 7) is 3.22. The summed E-state index contributed by atoms with van der Waals surface area (Å²) in [7, 11) is 0. The number of anilines is 1. The van der Waals surface area contributed by atoms with Gasteiger partial charge in [0.1, 0.15) is 5.82 Å². The number of rotatable bonds is 6. The first-order chi connectivity index (χ1) is 14.3. The van der Waals surface area contributed by atoms with Crippen molar-refractivity contribution >= 4 is 23.4 Å². The number of amides is 3. The molecule has 2 aromatic rings. The van der Waals surface area contributed by atoms with Gasteiger partial charge >= 0.3 is 6.03 Å². The number of primary amides is 1. The van der Waals surface area contributed by atoms with Crippen LogP contribution in [0, 0.1) is 5.82 Å². The number of piperazine rings is 1. The number of hydrogen-bond donors (Lipinski definition) is 2. The molecule has 3 N–H and O–H groups in total. The molecule has 158 valence electrons. The van der Waals surface area contributed by atoms with Crippen molar-refractivity contribution in [2.45, 2.75) is 19.4 Å². The normalized spacial score (nSPS) is 14.9. The number of benzene rings is 2. The molecular weight excluding hydrogens is 387 g/mol. The summed E-state index contributed by atoms with van der Waals surface area (Å²) >= 11 is 0. The summed E-state index contributed by atoms with van der Waals surface area (Å²) in [6, 6.07) is 12.4. The van der Waals surface area contributed by atoms with E-state index in [9.17, 15) is 18.8 Å². The highest BCUT2D eigenvalue weighted by Crippen LogP contribution is 2.23. The second-order valence-electron chi connectivity index (χ2n) is 7.27. The molecule has 0 bridgehead atoms. The Kier molecular flexibility index (Phi) is 6.66. The fourth-order valence-corrected chi connectivity index (χ4v) is 3.59. The quantitative estimate of drug-likeness (QED) is 0.713.